The molecular formula is C40H71N3O8. The molecule has 2 saturated heterocycles. The van der Waals surface area contributed by atoms with Crippen molar-refractivity contribution in [2.75, 3.05) is 53.4 Å². The van der Waals surface area contributed by atoms with Crippen molar-refractivity contribution >= 4 is 11.8 Å². The highest BCUT2D eigenvalue weighted by atomic mass is 16.7. The summed E-state index contributed by atoms with van der Waals surface area (Å²) in [6, 6.07) is -0.635. The first-order valence-corrected chi connectivity index (χ1v) is 19.8. The molecule has 3 aliphatic rings. The van der Waals surface area contributed by atoms with E-state index in [0.29, 0.717) is 25.8 Å². The number of likely N-dealkylation sites (tertiary alicyclic amines) is 1. The van der Waals surface area contributed by atoms with Crippen LogP contribution in [0.5, 0.6) is 0 Å². The number of carbonyl (C=O) groups is 2. The summed E-state index contributed by atoms with van der Waals surface area (Å²) in [6.07, 6.45) is 4.76. The molecule has 0 radical (unpaired) electrons. The normalized spacial score (nSPS) is 38.7. The van der Waals surface area contributed by atoms with Crippen LogP contribution in [0.3, 0.4) is 0 Å². The van der Waals surface area contributed by atoms with Crippen molar-refractivity contribution in [1.82, 2.24) is 14.7 Å². The van der Waals surface area contributed by atoms with Gasteiger partial charge in [-0.25, -0.2) is 0 Å². The minimum atomic E-state index is -1.17. The third-order valence-corrected chi connectivity index (χ3v) is 11.6. The standard InChI is InChI=1S/C40H71N3O8/c1-10-34-31(25-42(11-2)12-3)22-26(4)16-17-32(44)27(5)23-30(18-21-43-19-14-13-15-20-43)39(28(6)33(45)24-35(46)50-34)51-40-38(48)36(41(8)9)37(47)29(7)49-40/h16-17,22,27-31,33-34,36-40,45,47-48H,10-15,18-21,23-25H2,1-9H3/b17-16-,26-22-/t27-,28+,29-,30+,31-,33-,34-,36+,37-,38-,39-,40+/m1/s1. The average Bonchev–Trinajstić information content (AvgIpc) is 3.10. The maximum absolute atomic E-state index is 13.7. The van der Waals surface area contributed by atoms with Gasteiger partial charge in [0.25, 0.3) is 0 Å². The monoisotopic (exact) mass is 722 g/mol. The lowest BCUT2D eigenvalue weighted by Gasteiger charge is -2.47. The van der Waals surface area contributed by atoms with E-state index < -0.39 is 60.8 Å². The van der Waals surface area contributed by atoms with Crippen LogP contribution in [0, 0.1) is 23.7 Å². The number of piperidine rings is 1. The lowest BCUT2D eigenvalue weighted by Crippen LogP contribution is -2.63. The van der Waals surface area contributed by atoms with Crippen LogP contribution in [0.4, 0.5) is 0 Å². The van der Waals surface area contributed by atoms with E-state index in [1.54, 1.807) is 32.0 Å². The molecule has 3 aliphatic heterocycles. The van der Waals surface area contributed by atoms with Gasteiger partial charge in [-0.2, -0.15) is 0 Å². The molecule has 0 aromatic carbocycles. The maximum atomic E-state index is 13.7. The van der Waals surface area contributed by atoms with Crippen molar-refractivity contribution in [3.05, 3.63) is 23.8 Å². The van der Waals surface area contributed by atoms with E-state index in [-0.39, 0.29) is 30.0 Å². The van der Waals surface area contributed by atoms with Crippen molar-refractivity contribution in [3.8, 4) is 0 Å². The Morgan fingerprint density at radius 2 is 1.63 bits per heavy atom. The predicted molar refractivity (Wildman–Crippen MR) is 200 cm³/mol. The summed E-state index contributed by atoms with van der Waals surface area (Å²) in [6.45, 7) is 19.0. The number of aliphatic hydroxyl groups is 3. The van der Waals surface area contributed by atoms with Crippen molar-refractivity contribution in [2.45, 2.75) is 142 Å². The number of cyclic esters (lactones) is 1. The number of esters is 1. The molecule has 0 bridgehead atoms. The molecule has 3 heterocycles. The number of nitrogens with zero attached hydrogens (tertiary/aromatic N) is 3. The molecule has 3 rings (SSSR count). The van der Waals surface area contributed by atoms with E-state index in [2.05, 4.69) is 29.7 Å². The molecule has 0 saturated carbocycles. The summed E-state index contributed by atoms with van der Waals surface area (Å²) in [5.74, 6) is -1.66. The molecule has 51 heavy (non-hydrogen) atoms. The molecule has 12 atom stereocenters. The molecule has 0 aliphatic carbocycles. The van der Waals surface area contributed by atoms with Gasteiger partial charge in [-0.3, -0.25) is 9.59 Å². The third-order valence-electron chi connectivity index (χ3n) is 11.6. The van der Waals surface area contributed by atoms with Gasteiger partial charge in [-0.15, -0.1) is 0 Å². The molecule has 2 fully saturated rings. The van der Waals surface area contributed by atoms with Crippen LogP contribution < -0.4 is 0 Å². The Kier molecular flexibility index (Phi) is 18.2. The fourth-order valence-corrected chi connectivity index (χ4v) is 8.17. The Labute approximate surface area is 308 Å². The largest absolute Gasteiger partial charge is 0.462 e. The predicted octanol–water partition coefficient (Wildman–Crippen LogP) is 4.04. The number of allylic oxidation sites excluding steroid dienone is 3. The van der Waals surface area contributed by atoms with Crippen LogP contribution in [0.15, 0.2) is 23.8 Å². The SMILES string of the molecule is CC[C@H]1OC(=O)C[C@@H](O)[C@H](C)[C@@H](O[C@@H]2O[C@H](C)[C@@H](O)[C@H](N(C)C)[C@H]2O)[C@@H](CCN2CCCCC2)C[C@@H](C)C(=O)/C=C\C(C)=C/[C@@H]1CN(CC)CC. The quantitative estimate of drug-likeness (QED) is 0.267. The van der Waals surface area contributed by atoms with Gasteiger partial charge in [0, 0.05) is 24.3 Å². The second-order valence-electron chi connectivity index (χ2n) is 15.7. The van der Waals surface area contributed by atoms with Crippen LogP contribution in [0.25, 0.3) is 0 Å². The highest BCUT2D eigenvalue weighted by Crippen LogP contribution is 2.35. The summed E-state index contributed by atoms with van der Waals surface area (Å²) in [5.41, 5.74) is 0.931. The van der Waals surface area contributed by atoms with E-state index >= 15 is 0 Å². The number of carbonyl (C=O) groups excluding carboxylic acids is 2. The summed E-state index contributed by atoms with van der Waals surface area (Å²) >= 11 is 0. The second kappa shape index (κ2) is 21.3. The van der Waals surface area contributed by atoms with Crippen molar-refractivity contribution in [3.63, 3.8) is 0 Å². The van der Waals surface area contributed by atoms with Crippen molar-refractivity contribution in [2.24, 2.45) is 23.7 Å². The summed E-state index contributed by atoms with van der Waals surface area (Å²) in [7, 11) is 3.59. The smallest absolute Gasteiger partial charge is 0.308 e. The molecule has 0 unspecified atom stereocenters. The van der Waals surface area contributed by atoms with Crippen LogP contribution in [0.1, 0.15) is 93.4 Å². The van der Waals surface area contributed by atoms with Gasteiger partial charge in [-0.1, -0.05) is 58.8 Å². The van der Waals surface area contributed by atoms with Gasteiger partial charge >= 0.3 is 5.97 Å². The minimum absolute atomic E-state index is 0.0156. The molecule has 11 heteroatoms. The Bertz CT molecular complexity index is 1120. The first kappa shape index (κ1) is 43.7. The first-order valence-electron chi connectivity index (χ1n) is 19.8. The topological polar surface area (TPSA) is 132 Å². The van der Waals surface area contributed by atoms with Gasteiger partial charge in [0.1, 0.15) is 12.2 Å². The molecule has 0 aromatic heterocycles. The zero-order chi connectivity index (χ0) is 37.8. The van der Waals surface area contributed by atoms with Gasteiger partial charge in [0.15, 0.2) is 12.1 Å². The number of hydrogen-bond acceptors (Lipinski definition) is 11. The van der Waals surface area contributed by atoms with Gasteiger partial charge < -0.3 is 44.2 Å². The summed E-state index contributed by atoms with van der Waals surface area (Å²) < 4.78 is 19.0. The Balaban J connectivity index is 2.04. The number of aliphatic hydroxyl groups excluding tert-OH is 3. The molecule has 0 spiro atoms. The molecule has 294 valence electrons. The van der Waals surface area contributed by atoms with Crippen LogP contribution in [-0.2, 0) is 23.8 Å². The van der Waals surface area contributed by atoms with E-state index in [9.17, 15) is 24.9 Å². The molecule has 11 nitrogen and oxygen atoms in total. The van der Waals surface area contributed by atoms with Gasteiger partial charge in [0.2, 0.25) is 0 Å². The number of ketones is 1. The lowest BCUT2D eigenvalue weighted by atomic mass is 9.79. The fraction of sp³-hybridized carbons (Fsp3) is 0.850. The Morgan fingerprint density at radius 3 is 2.24 bits per heavy atom. The van der Waals surface area contributed by atoms with Crippen LogP contribution in [-0.4, -0.2) is 144 Å². The lowest BCUT2D eigenvalue weighted by molar-refractivity contribution is -0.304. The number of likely N-dealkylation sites (N-methyl/N-ethyl adjacent to an activating group) is 1. The van der Waals surface area contributed by atoms with E-state index in [4.69, 9.17) is 14.2 Å². The van der Waals surface area contributed by atoms with Gasteiger partial charge in [-0.05, 0) is 105 Å². The van der Waals surface area contributed by atoms with Gasteiger partial charge in [0.05, 0.1) is 36.9 Å². The highest BCUT2D eigenvalue weighted by molar-refractivity contribution is 5.91. The second-order valence-corrected chi connectivity index (χ2v) is 15.7. The minimum Gasteiger partial charge on any atom is -0.462 e. The van der Waals surface area contributed by atoms with Crippen LogP contribution in [0.2, 0.25) is 0 Å². The maximum Gasteiger partial charge on any atom is 0.308 e. The van der Waals surface area contributed by atoms with E-state index in [0.717, 1.165) is 51.1 Å². The fourth-order valence-electron chi connectivity index (χ4n) is 8.17. The van der Waals surface area contributed by atoms with Crippen molar-refractivity contribution < 1.29 is 39.1 Å². The molecule has 3 N–H and O–H groups in total. The molecule has 0 amide bonds. The zero-order valence-electron chi connectivity index (χ0n) is 33.1. The molecular weight excluding hydrogens is 650 g/mol. The zero-order valence-corrected chi connectivity index (χ0v) is 33.1. The van der Waals surface area contributed by atoms with Crippen LogP contribution >= 0.6 is 0 Å². The summed E-state index contributed by atoms with van der Waals surface area (Å²) in [4.78, 5) is 33.8. The average molecular weight is 722 g/mol. The van der Waals surface area contributed by atoms with E-state index in [1.807, 2.05) is 33.8 Å². The third kappa shape index (κ3) is 12.7. The Hall–Kier alpha value is -1.70. The summed E-state index contributed by atoms with van der Waals surface area (Å²) in [5, 5.41) is 34.2. The Morgan fingerprint density at radius 1 is 0.961 bits per heavy atom. The number of rotatable bonds is 11. The van der Waals surface area contributed by atoms with Crippen molar-refractivity contribution in [1.29, 1.82) is 0 Å². The van der Waals surface area contributed by atoms with E-state index in [1.165, 1.54) is 6.42 Å². The first-order chi connectivity index (χ1) is 24.2. The highest BCUT2D eigenvalue weighted by Gasteiger charge is 2.47. The number of ether oxygens (including phenoxy) is 3. The molecule has 0 aromatic rings. The number of hydrogen-bond donors (Lipinski definition) is 3.